The van der Waals surface area contributed by atoms with Crippen LogP contribution in [-0.4, -0.2) is 18.8 Å². The van der Waals surface area contributed by atoms with Crippen molar-refractivity contribution in [1.29, 1.82) is 0 Å². The van der Waals surface area contributed by atoms with E-state index < -0.39 is 0 Å². The van der Waals surface area contributed by atoms with E-state index in [0.717, 1.165) is 27.4 Å². The maximum Gasteiger partial charge on any atom is 0.213 e. The van der Waals surface area contributed by atoms with Gasteiger partial charge in [0.15, 0.2) is 12.7 Å². The van der Waals surface area contributed by atoms with Gasteiger partial charge in [0.05, 0.1) is 17.9 Å². The van der Waals surface area contributed by atoms with Gasteiger partial charge in [-0.15, -0.1) is 0 Å². The first kappa shape index (κ1) is 16.6. The second-order valence-corrected chi connectivity index (χ2v) is 5.01. The minimum absolute atomic E-state index is 0. The number of nitrogens with zero attached hydrogens (tertiary/aromatic N) is 1. The summed E-state index contributed by atoms with van der Waals surface area (Å²) >= 11 is 0. The Labute approximate surface area is 138 Å². The highest BCUT2D eigenvalue weighted by Crippen LogP contribution is 2.26. The van der Waals surface area contributed by atoms with E-state index in [-0.39, 0.29) is 29.4 Å². The standard InChI is InChI=1S/C17H17FNO2.BrH/c1-21-14-4-5-15-12(9-14)11-19(7-2-8-20)17-6-3-13(18)10-16(15)17;/h3-6,9-11,20H,2,7-8H2,1H3;1H/q+1;/p-1. The molecule has 3 rings (SSSR count). The first-order chi connectivity index (χ1) is 10.2. The molecule has 22 heavy (non-hydrogen) atoms. The number of rotatable bonds is 4. The summed E-state index contributed by atoms with van der Waals surface area (Å²) in [6.45, 7) is 0.817. The Kier molecular flexibility index (Phi) is 5.32. The highest BCUT2D eigenvalue weighted by atomic mass is 79.9. The molecule has 2 aromatic carbocycles. The third-order valence-corrected chi connectivity index (χ3v) is 3.67. The number of fused-ring (bicyclic) bond motifs is 3. The van der Waals surface area contributed by atoms with E-state index in [0.29, 0.717) is 13.0 Å². The summed E-state index contributed by atoms with van der Waals surface area (Å²) in [5, 5.41) is 11.9. The Morgan fingerprint density at radius 3 is 2.68 bits per heavy atom. The molecule has 0 unspecified atom stereocenters. The van der Waals surface area contributed by atoms with Crippen molar-refractivity contribution in [2.24, 2.45) is 0 Å². The van der Waals surface area contributed by atoms with Crippen LogP contribution in [0.5, 0.6) is 5.75 Å². The SMILES string of the molecule is COc1ccc2c(c1)c[n+](CCCO)c1ccc(F)cc21.[Br-]. The molecular weight excluding hydrogens is 349 g/mol. The summed E-state index contributed by atoms with van der Waals surface area (Å²) in [6.07, 6.45) is 2.68. The topological polar surface area (TPSA) is 33.3 Å². The van der Waals surface area contributed by atoms with Crippen molar-refractivity contribution < 1.29 is 35.8 Å². The number of pyridine rings is 1. The molecule has 0 amide bonds. The molecule has 3 aromatic rings. The molecule has 3 nitrogen and oxygen atoms in total. The number of benzene rings is 2. The van der Waals surface area contributed by atoms with Crippen molar-refractivity contribution in [2.45, 2.75) is 13.0 Å². The van der Waals surface area contributed by atoms with E-state index in [1.54, 1.807) is 19.2 Å². The highest BCUT2D eigenvalue weighted by molar-refractivity contribution is 6.04. The lowest BCUT2D eigenvalue weighted by molar-refractivity contribution is -0.670. The lowest BCUT2D eigenvalue weighted by atomic mass is 10.1. The molecule has 0 saturated carbocycles. The molecule has 0 fully saturated rings. The zero-order valence-corrected chi connectivity index (χ0v) is 13.8. The molecule has 0 radical (unpaired) electrons. The van der Waals surface area contributed by atoms with Crippen LogP contribution in [0.1, 0.15) is 6.42 Å². The van der Waals surface area contributed by atoms with Gasteiger partial charge in [0.25, 0.3) is 0 Å². The first-order valence-electron chi connectivity index (χ1n) is 6.93. The number of aliphatic hydroxyl groups is 1. The van der Waals surface area contributed by atoms with Crippen molar-refractivity contribution in [2.75, 3.05) is 13.7 Å². The largest absolute Gasteiger partial charge is 1.00 e. The van der Waals surface area contributed by atoms with Crippen LogP contribution in [0.4, 0.5) is 4.39 Å². The van der Waals surface area contributed by atoms with Gasteiger partial charge in [0.2, 0.25) is 5.52 Å². The van der Waals surface area contributed by atoms with Crippen LogP contribution in [0.3, 0.4) is 0 Å². The lowest BCUT2D eigenvalue weighted by Gasteiger charge is -2.07. The molecule has 0 bridgehead atoms. The number of aliphatic hydroxyl groups excluding tert-OH is 1. The van der Waals surface area contributed by atoms with E-state index in [2.05, 4.69) is 0 Å². The fraction of sp³-hybridized carbons (Fsp3) is 0.235. The van der Waals surface area contributed by atoms with Gasteiger partial charge in [0, 0.05) is 24.5 Å². The molecule has 1 N–H and O–H groups in total. The molecule has 5 heteroatoms. The van der Waals surface area contributed by atoms with Crippen molar-refractivity contribution in [3.05, 3.63) is 48.4 Å². The van der Waals surface area contributed by atoms with Gasteiger partial charge in [-0.05, 0) is 30.3 Å². The van der Waals surface area contributed by atoms with Crippen molar-refractivity contribution >= 4 is 21.7 Å². The Morgan fingerprint density at radius 1 is 1.14 bits per heavy atom. The smallest absolute Gasteiger partial charge is 0.213 e. The number of hydrogen-bond acceptors (Lipinski definition) is 2. The summed E-state index contributed by atoms with van der Waals surface area (Å²) < 4.78 is 20.9. The van der Waals surface area contributed by atoms with Gasteiger partial charge in [0.1, 0.15) is 11.6 Å². The van der Waals surface area contributed by atoms with Gasteiger partial charge >= 0.3 is 0 Å². The molecule has 1 heterocycles. The van der Waals surface area contributed by atoms with Crippen molar-refractivity contribution in [1.82, 2.24) is 0 Å². The Balaban J connectivity index is 0.00000176. The van der Waals surface area contributed by atoms with Crippen LogP contribution >= 0.6 is 0 Å². The summed E-state index contributed by atoms with van der Waals surface area (Å²) in [5.74, 6) is 0.520. The quantitative estimate of drug-likeness (QED) is 0.513. The van der Waals surface area contributed by atoms with Crippen molar-refractivity contribution in [3.8, 4) is 5.75 Å². The summed E-state index contributed by atoms with van der Waals surface area (Å²) in [7, 11) is 1.63. The maximum absolute atomic E-state index is 13.6. The Morgan fingerprint density at radius 2 is 1.95 bits per heavy atom. The molecule has 0 aliphatic heterocycles. The fourth-order valence-electron chi connectivity index (χ4n) is 2.66. The minimum Gasteiger partial charge on any atom is -1.00 e. The van der Waals surface area contributed by atoms with Crippen LogP contribution in [0, 0.1) is 5.82 Å². The molecule has 116 valence electrons. The van der Waals surface area contributed by atoms with Crippen molar-refractivity contribution in [3.63, 3.8) is 0 Å². The zero-order valence-electron chi connectivity index (χ0n) is 12.2. The monoisotopic (exact) mass is 365 g/mol. The van der Waals surface area contributed by atoms with Crippen LogP contribution in [0.25, 0.3) is 21.7 Å². The Bertz CT molecular complexity index is 807. The van der Waals surface area contributed by atoms with Gasteiger partial charge < -0.3 is 26.8 Å². The molecule has 0 aliphatic carbocycles. The lowest BCUT2D eigenvalue weighted by Crippen LogP contribution is -3.00. The molecular formula is C17H17BrFNO2. The predicted molar refractivity (Wildman–Crippen MR) is 79.9 cm³/mol. The van der Waals surface area contributed by atoms with Gasteiger partial charge in [-0.25, -0.2) is 4.39 Å². The van der Waals surface area contributed by atoms with Gasteiger partial charge in [-0.3, -0.25) is 0 Å². The normalized spacial score (nSPS) is 10.7. The third kappa shape index (κ3) is 3.05. The van der Waals surface area contributed by atoms with Gasteiger partial charge in [-0.1, -0.05) is 0 Å². The fourth-order valence-corrected chi connectivity index (χ4v) is 2.66. The summed E-state index contributed by atoms with van der Waals surface area (Å²) in [6, 6.07) is 10.6. The van der Waals surface area contributed by atoms with E-state index in [1.807, 2.05) is 29.0 Å². The Hall–Kier alpha value is -1.72. The zero-order chi connectivity index (χ0) is 14.8. The molecule has 0 saturated heterocycles. The van der Waals surface area contributed by atoms with E-state index >= 15 is 0 Å². The first-order valence-corrected chi connectivity index (χ1v) is 6.93. The van der Waals surface area contributed by atoms with Crippen LogP contribution in [0.15, 0.2) is 42.6 Å². The number of hydrogen-bond donors (Lipinski definition) is 1. The van der Waals surface area contributed by atoms with Crippen LogP contribution in [0.2, 0.25) is 0 Å². The summed E-state index contributed by atoms with van der Waals surface area (Å²) in [5.41, 5.74) is 0.961. The van der Waals surface area contributed by atoms with E-state index in [4.69, 9.17) is 9.84 Å². The molecule has 0 spiro atoms. The van der Waals surface area contributed by atoms with Gasteiger partial charge in [-0.2, -0.15) is 4.57 Å². The highest BCUT2D eigenvalue weighted by Gasteiger charge is 2.14. The second kappa shape index (κ2) is 7.03. The van der Waals surface area contributed by atoms with E-state index in [9.17, 15) is 4.39 Å². The molecule has 0 aliphatic rings. The maximum atomic E-state index is 13.6. The number of halogens is 2. The number of aromatic nitrogens is 1. The minimum atomic E-state index is -0.250. The third-order valence-electron chi connectivity index (χ3n) is 3.67. The number of ether oxygens (including phenoxy) is 1. The number of methoxy groups -OCH3 is 1. The second-order valence-electron chi connectivity index (χ2n) is 5.01. The van der Waals surface area contributed by atoms with Crippen LogP contribution < -0.4 is 26.3 Å². The molecule has 1 aromatic heterocycles. The summed E-state index contributed by atoms with van der Waals surface area (Å²) in [4.78, 5) is 0. The average Bonchev–Trinajstić information content (AvgIpc) is 2.51. The van der Waals surface area contributed by atoms with Crippen LogP contribution in [-0.2, 0) is 6.54 Å². The number of aryl methyl sites for hydroxylation is 1. The van der Waals surface area contributed by atoms with E-state index in [1.165, 1.54) is 6.07 Å². The molecule has 0 atom stereocenters. The average molecular weight is 366 g/mol. The predicted octanol–water partition coefficient (Wildman–Crippen LogP) is -0.185.